The lowest BCUT2D eigenvalue weighted by molar-refractivity contribution is 0.0693. The molecule has 1 aliphatic carbocycles. The molecule has 1 heterocycles. The molecule has 0 amide bonds. The van der Waals surface area contributed by atoms with Gasteiger partial charge < -0.3 is 14.6 Å². The van der Waals surface area contributed by atoms with E-state index in [4.69, 9.17) is 4.42 Å². The van der Waals surface area contributed by atoms with Gasteiger partial charge in [0.2, 0.25) is 0 Å². The molecule has 0 bridgehead atoms. The smallest absolute Gasteiger partial charge is 0.339 e. The average molecular weight is 494 g/mol. The molecule has 7 nitrogen and oxygen atoms in total. The van der Waals surface area contributed by atoms with Crippen LogP contribution in [-0.2, 0) is 22.9 Å². The summed E-state index contributed by atoms with van der Waals surface area (Å²) in [7, 11) is -4.14. The Morgan fingerprint density at radius 1 is 1.06 bits per heavy atom. The lowest BCUT2D eigenvalue weighted by Crippen LogP contribution is -2.26. The monoisotopic (exact) mass is 493 g/mol. The molecule has 1 aliphatic rings. The first-order chi connectivity index (χ1) is 16.5. The fourth-order valence-corrected chi connectivity index (χ4v) is 6.07. The number of anilines is 1. The second-order valence-corrected chi connectivity index (χ2v) is 11.9. The van der Waals surface area contributed by atoms with E-state index in [1.54, 1.807) is 0 Å². The maximum Gasteiger partial charge on any atom is 0.339 e. The van der Waals surface area contributed by atoms with Crippen LogP contribution in [0.4, 0.5) is 5.69 Å². The van der Waals surface area contributed by atoms with Crippen molar-refractivity contribution in [1.82, 2.24) is 0 Å². The Morgan fingerprint density at radius 2 is 1.77 bits per heavy atom. The molecule has 35 heavy (non-hydrogen) atoms. The maximum absolute atomic E-state index is 13.3. The highest BCUT2D eigenvalue weighted by molar-refractivity contribution is 7.92. The van der Waals surface area contributed by atoms with Gasteiger partial charge in [-0.3, -0.25) is 4.72 Å². The van der Waals surface area contributed by atoms with Crippen LogP contribution in [0.3, 0.4) is 0 Å². The molecule has 0 spiro atoms. The summed E-state index contributed by atoms with van der Waals surface area (Å²) in [5.74, 6) is -0.476. The summed E-state index contributed by atoms with van der Waals surface area (Å²) >= 11 is 0. The summed E-state index contributed by atoms with van der Waals surface area (Å²) in [6.45, 7) is 6.72. The number of carboxylic acids is 1. The number of hydrogen-bond donors (Lipinski definition) is 3. The number of rotatable bonds is 4. The van der Waals surface area contributed by atoms with Crippen molar-refractivity contribution in [2.75, 3.05) is 4.72 Å². The molecule has 0 fully saturated rings. The molecular weight excluding hydrogens is 466 g/mol. The highest BCUT2D eigenvalue weighted by Gasteiger charge is 2.32. The molecule has 0 saturated carbocycles. The van der Waals surface area contributed by atoms with Gasteiger partial charge in [0, 0.05) is 28.1 Å². The van der Waals surface area contributed by atoms with Crippen molar-refractivity contribution in [1.29, 1.82) is 0 Å². The number of phenols is 1. The first-order valence-electron chi connectivity index (χ1n) is 11.5. The van der Waals surface area contributed by atoms with Gasteiger partial charge in [0.05, 0.1) is 10.6 Å². The predicted octanol–water partition coefficient (Wildman–Crippen LogP) is 5.94. The van der Waals surface area contributed by atoms with E-state index in [1.807, 2.05) is 30.3 Å². The van der Waals surface area contributed by atoms with E-state index in [2.05, 4.69) is 25.5 Å². The highest BCUT2D eigenvalue weighted by Crippen LogP contribution is 2.44. The van der Waals surface area contributed by atoms with Crippen LogP contribution in [0.5, 0.6) is 5.75 Å². The predicted molar refractivity (Wildman–Crippen MR) is 135 cm³/mol. The van der Waals surface area contributed by atoms with Gasteiger partial charge in [-0.15, -0.1) is 0 Å². The van der Waals surface area contributed by atoms with Crippen LogP contribution in [0.2, 0.25) is 0 Å². The summed E-state index contributed by atoms with van der Waals surface area (Å²) < 4.78 is 35.5. The van der Waals surface area contributed by atoms with E-state index in [0.717, 1.165) is 59.1 Å². The Labute approximate surface area is 203 Å². The Kier molecular flexibility index (Phi) is 5.32. The fourth-order valence-electron chi connectivity index (χ4n) is 4.98. The Balaban J connectivity index is 1.65. The number of fused-ring (bicyclic) bond motifs is 5. The summed E-state index contributed by atoms with van der Waals surface area (Å²) in [6, 6.07) is 12.5. The standard InChI is InChI=1S/C27H27NO6S/c1-27(2,3)15-8-11-24-19(12-15)20-14-22(17-6-4-5-7-18(17)25(20)34-24)28-35(32,33)16-9-10-23(29)21(13-16)26(30)31/h4-7,9-10,13-15,28-29H,8,11-12H2,1-3H3,(H,30,31). The lowest BCUT2D eigenvalue weighted by atomic mass is 9.71. The van der Waals surface area contributed by atoms with Crippen molar-refractivity contribution in [2.45, 2.75) is 44.9 Å². The maximum atomic E-state index is 13.3. The Hall–Kier alpha value is -3.52. The largest absolute Gasteiger partial charge is 0.507 e. The molecule has 0 aliphatic heterocycles. The third-order valence-electron chi connectivity index (χ3n) is 7.03. The SMILES string of the molecule is CC(C)(C)C1CCc2oc3c(cc(NS(=O)(=O)c4ccc(O)c(C(=O)O)c4)c4ccccc43)c2C1. The molecule has 0 radical (unpaired) electrons. The number of carbonyl (C=O) groups is 1. The Morgan fingerprint density at radius 3 is 2.46 bits per heavy atom. The summed E-state index contributed by atoms with van der Waals surface area (Å²) in [5, 5.41) is 21.4. The number of carboxylic acid groups (broad SMARTS) is 1. The lowest BCUT2D eigenvalue weighted by Gasteiger charge is -2.33. The second-order valence-electron chi connectivity index (χ2n) is 10.2. The Bertz CT molecular complexity index is 1590. The van der Waals surface area contributed by atoms with Crippen LogP contribution < -0.4 is 4.72 Å². The number of aromatic carboxylic acids is 1. The molecule has 5 rings (SSSR count). The van der Waals surface area contributed by atoms with Crippen LogP contribution in [0.15, 0.2) is 57.8 Å². The first kappa shape index (κ1) is 23.2. The molecule has 8 heteroatoms. The quantitative estimate of drug-likeness (QED) is 0.324. The van der Waals surface area contributed by atoms with Gasteiger partial charge in [0.1, 0.15) is 22.7 Å². The molecule has 1 unspecified atom stereocenters. The van der Waals surface area contributed by atoms with Gasteiger partial charge in [0.25, 0.3) is 10.0 Å². The summed E-state index contributed by atoms with van der Waals surface area (Å²) in [4.78, 5) is 11.1. The van der Waals surface area contributed by atoms with Gasteiger partial charge in [-0.1, -0.05) is 45.0 Å². The van der Waals surface area contributed by atoms with Crippen molar-refractivity contribution in [3.05, 3.63) is 65.4 Å². The van der Waals surface area contributed by atoms with Crippen molar-refractivity contribution in [3.63, 3.8) is 0 Å². The minimum atomic E-state index is -4.14. The van der Waals surface area contributed by atoms with Gasteiger partial charge >= 0.3 is 5.97 Å². The zero-order chi connectivity index (χ0) is 25.1. The molecule has 3 aromatic carbocycles. The van der Waals surface area contributed by atoms with Crippen molar-refractivity contribution in [3.8, 4) is 5.75 Å². The number of hydrogen-bond acceptors (Lipinski definition) is 5. The van der Waals surface area contributed by atoms with E-state index in [9.17, 15) is 23.4 Å². The van der Waals surface area contributed by atoms with Crippen molar-refractivity contribution >= 4 is 43.4 Å². The molecule has 0 saturated heterocycles. The average Bonchev–Trinajstić information content (AvgIpc) is 3.16. The minimum Gasteiger partial charge on any atom is -0.507 e. The van der Waals surface area contributed by atoms with E-state index in [1.165, 1.54) is 6.07 Å². The molecule has 1 aromatic heterocycles. The second kappa shape index (κ2) is 8.02. The number of nitrogens with one attached hydrogen (secondary N) is 1. The zero-order valence-electron chi connectivity index (χ0n) is 19.8. The minimum absolute atomic E-state index is 0.142. The number of furan rings is 1. The number of aromatic hydroxyl groups is 1. The highest BCUT2D eigenvalue weighted by atomic mass is 32.2. The van der Waals surface area contributed by atoms with Gasteiger partial charge in [-0.25, -0.2) is 13.2 Å². The van der Waals surface area contributed by atoms with Crippen LogP contribution in [0.1, 0.15) is 48.9 Å². The third kappa shape index (κ3) is 4.01. The van der Waals surface area contributed by atoms with Crippen LogP contribution >= 0.6 is 0 Å². The first-order valence-corrected chi connectivity index (χ1v) is 13.0. The fraction of sp³-hybridized carbons (Fsp3) is 0.296. The van der Waals surface area contributed by atoms with Crippen LogP contribution in [-0.4, -0.2) is 24.6 Å². The topological polar surface area (TPSA) is 117 Å². The molecular formula is C27H27NO6S. The molecule has 4 aromatic rings. The molecule has 182 valence electrons. The summed E-state index contributed by atoms with van der Waals surface area (Å²) in [6.07, 6.45) is 2.74. The van der Waals surface area contributed by atoms with E-state index >= 15 is 0 Å². The van der Waals surface area contributed by atoms with E-state index in [0.29, 0.717) is 17.0 Å². The normalized spacial score (nSPS) is 16.4. The van der Waals surface area contributed by atoms with Gasteiger partial charge in [0.15, 0.2) is 0 Å². The zero-order valence-corrected chi connectivity index (χ0v) is 20.6. The number of sulfonamides is 1. The van der Waals surface area contributed by atoms with E-state index in [-0.39, 0.29) is 10.3 Å². The van der Waals surface area contributed by atoms with E-state index < -0.39 is 27.3 Å². The van der Waals surface area contributed by atoms with Crippen molar-refractivity contribution < 1.29 is 27.8 Å². The van der Waals surface area contributed by atoms with Crippen molar-refractivity contribution in [2.24, 2.45) is 11.3 Å². The molecule has 1 atom stereocenters. The van der Waals surface area contributed by atoms with Gasteiger partial charge in [-0.05, 0) is 48.4 Å². The molecule has 3 N–H and O–H groups in total. The van der Waals surface area contributed by atoms with Gasteiger partial charge in [-0.2, -0.15) is 0 Å². The van der Waals surface area contributed by atoms with Crippen LogP contribution in [0.25, 0.3) is 21.7 Å². The number of aryl methyl sites for hydroxylation is 1. The summed E-state index contributed by atoms with van der Waals surface area (Å²) in [5.41, 5.74) is 1.92. The number of benzene rings is 3. The van der Waals surface area contributed by atoms with Crippen LogP contribution in [0, 0.1) is 11.3 Å². The third-order valence-corrected chi connectivity index (χ3v) is 8.39.